The first kappa shape index (κ1) is 42.7. The molecule has 0 saturated carbocycles. The third kappa shape index (κ3) is 20.0. The number of carboxylic acids is 3. The fourth-order valence-corrected chi connectivity index (χ4v) is 4.85. The van der Waals surface area contributed by atoms with Crippen molar-refractivity contribution in [3.05, 3.63) is 34.4 Å². The zero-order valence-corrected chi connectivity index (χ0v) is 27.4. The minimum Gasteiger partial charge on any atom is -0.481 e. The number of hydrogen-bond acceptors (Lipinski definition) is 13. The molecule has 0 spiro atoms. The number of amides is 2. The second kappa shape index (κ2) is 23.1. The standard InChI is InChI=1S/C28H42N4O16S/c33-23(2-1-11-30-49(43,44)22-5-3-21(4-6-22)32(41)42)29-12-17-45-13-7-24(34)31-28(18-46-14-8-25(35)36,19-47-15-9-26(37)38)20-48-16-10-27(39)40/h3-6,30H,1-2,7-20H2,(H,29,33)(H,31,34)(H,35,36)(H,37,38)(H,39,40). The predicted molar refractivity (Wildman–Crippen MR) is 166 cm³/mol. The van der Waals surface area contributed by atoms with Crippen molar-refractivity contribution < 1.29 is 71.6 Å². The highest BCUT2D eigenvalue weighted by molar-refractivity contribution is 7.89. The van der Waals surface area contributed by atoms with E-state index in [0.717, 1.165) is 24.3 Å². The van der Waals surface area contributed by atoms with Crippen LogP contribution in [0.4, 0.5) is 5.69 Å². The zero-order chi connectivity index (χ0) is 36.7. The van der Waals surface area contributed by atoms with Gasteiger partial charge in [-0.25, -0.2) is 13.1 Å². The lowest BCUT2D eigenvalue weighted by atomic mass is 10.0. The van der Waals surface area contributed by atoms with Gasteiger partial charge in [-0.05, 0) is 18.6 Å². The maximum absolute atomic E-state index is 12.8. The van der Waals surface area contributed by atoms with E-state index in [-0.39, 0.29) is 121 Å². The van der Waals surface area contributed by atoms with E-state index in [1.807, 2.05) is 0 Å². The van der Waals surface area contributed by atoms with Gasteiger partial charge in [-0.1, -0.05) is 0 Å². The van der Waals surface area contributed by atoms with Crippen LogP contribution in [0.2, 0.25) is 0 Å². The summed E-state index contributed by atoms with van der Waals surface area (Å²) in [5, 5.41) is 42.6. The molecule has 0 fully saturated rings. The Morgan fingerprint density at radius 3 is 1.65 bits per heavy atom. The number of ether oxygens (including phenoxy) is 4. The van der Waals surface area contributed by atoms with Gasteiger partial charge < -0.3 is 44.9 Å². The lowest BCUT2D eigenvalue weighted by molar-refractivity contribution is -0.384. The highest BCUT2D eigenvalue weighted by Crippen LogP contribution is 2.16. The summed E-state index contributed by atoms with van der Waals surface area (Å²) in [6, 6.07) is 4.34. The molecule has 0 radical (unpaired) electrons. The van der Waals surface area contributed by atoms with E-state index in [2.05, 4.69) is 15.4 Å². The van der Waals surface area contributed by atoms with Crippen LogP contribution in [0.1, 0.15) is 38.5 Å². The van der Waals surface area contributed by atoms with Crippen LogP contribution >= 0.6 is 0 Å². The predicted octanol–water partition coefficient (Wildman–Crippen LogP) is -0.495. The number of nitro benzene ring substituents is 1. The van der Waals surface area contributed by atoms with Crippen LogP contribution in [0.5, 0.6) is 0 Å². The van der Waals surface area contributed by atoms with Gasteiger partial charge in [0.25, 0.3) is 5.69 Å². The molecule has 0 saturated heterocycles. The number of carbonyl (C=O) groups is 5. The molecule has 0 aliphatic heterocycles. The fourth-order valence-electron chi connectivity index (χ4n) is 3.78. The third-order valence-electron chi connectivity index (χ3n) is 6.19. The van der Waals surface area contributed by atoms with Crippen molar-refractivity contribution in [1.29, 1.82) is 0 Å². The molecule has 0 heterocycles. The summed E-state index contributed by atoms with van der Waals surface area (Å²) in [4.78, 5) is 67.3. The van der Waals surface area contributed by atoms with Crippen LogP contribution in [-0.2, 0) is 52.9 Å². The Hall–Kier alpha value is -4.28. The molecule has 20 nitrogen and oxygen atoms in total. The molecule has 0 aromatic heterocycles. The number of nitrogens with zero attached hydrogens (tertiary/aromatic N) is 1. The Labute approximate surface area is 281 Å². The van der Waals surface area contributed by atoms with Gasteiger partial charge in [-0.15, -0.1) is 0 Å². The monoisotopic (exact) mass is 722 g/mol. The second-order valence-corrected chi connectivity index (χ2v) is 12.1. The van der Waals surface area contributed by atoms with Gasteiger partial charge in [-0.3, -0.25) is 34.1 Å². The number of nitrogens with one attached hydrogen (secondary N) is 3. The Kier molecular flexibility index (Phi) is 20.2. The Bertz CT molecular complexity index is 1290. The Morgan fingerprint density at radius 1 is 0.694 bits per heavy atom. The number of aliphatic carboxylic acids is 3. The molecule has 2 amide bonds. The number of hydrogen-bond donors (Lipinski definition) is 6. The number of carbonyl (C=O) groups excluding carboxylic acids is 2. The molecule has 21 heteroatoms. The van der Waals surface area contributed by atoms with Crippen molar-refractivity contribution in [3.63, 3.8) is 0 Å². The minimum absolute atomic E-state index is 0.00905. The first-order chi connectivity index (χ1) is 23.2. The highest BCUT2D eigenvalue weighted by Gasteiger charge is 2.34. The average molecular weight is 723 g/mol. The van der Waals surface area contributed by atoms with E-state index >= 15 is 0 Å². The lowest BCUT2D eigenvalue weighted by Crippen LogP contribution is -2.59. The highest BCUT2D eigenvalue weighted by atomic mass is 32.2. The minimum atomic E-state index is -3.92. The van der Waals surface area contributed by atoms with Gasteiger partial charge in [0.2, 0.25) is 21.8 Å². The summed E-state index contributed by atoms with van der Waals surface area (Å²) in [7, 11) is -3.92. The molecule has 0 atom stereocenters. The molecule has 0 aliphatic rings. The molecule has 6 N–H and O–H groups in total. The molecule has 1 aromatic rings. The van der Waals surface area contributed by atoms with Gasteiger partial charge in [0.05, 0.1) is 81.9 Å². The largest absolute Gasteiger partial charge is 0.481 e. The van der Waals surface area contributed by atoms with E-state index in [1.54, 1.807) is 0 Å². The summed E-state index contributed by atoms with van der Waals surface area (Å²) in [5.74, 6) is -4.31. The molecule has 1 rings (SSSR count). The SMILES string of the molecule is O=C(O)CCOCC(COCCC(=O)O)(COCCC(=O)O)NC(=O)CCOCCNC(=O)CCCNS(=O)(=O)c1ccc([N+](=O)[O-])cc1. The smallest absolute Gasteiger partial charge is 0.305 e. The molecule has 0 aliphatic carbocycles. The molecule has 276 valence electrons. The van der Waals surface area contributed by atoms with Crippen LogP contribution in [0.25, 0.3) is 0 Å². The van der Waals surface area contributed by atoms with Crippen molar-refractivity contribution in [2.24, 2.45) is 0 Å². The summed E-state index contributed by atoms with van der Waals surface area (Å²) < 4.78 is 48.5. The van der Waals surface area contributed by atoms with Gasteiger partial charge in [-0.2, -0.15) is 0 Å². The third-order valence-corrected chi connectivity index (χ3v) is 7.67. The number of benzene rings is 1. The Balaban J connectivity index is 2.50. The Morgan fingerprint density at radius 2 is 1.18 bits per heavy atom. The first-order valence-corrected chi connectivity index (χ1v) is 16.4. The van der Waals surface area contributed by atoms with Crippen molar-refractivity contribution in [2.45, 2.75) is 49.0 Å². The van der Waals surface area contributed by atoms with Crippen LogP contribution in [-0.4, -0.2) is 130 Å². The van der Waals surface area contributed by atoms with E-state index in [4.69, 9.17) is 34.3 Å². The van der Waals surface area contributed by atoms with Crippen molar-refractivity contribution in [1.82, 2.24) is 15.4 Å². The summed E-state index contributed by atoms with van der Waals surface area (Å²) in [6.07, 6.45) is -1.03. The average Bonchev–Trinajstić information content (AvgIpc) is 3.03. The summed E-state index contributed by atoms with van der Waals surface area (Å²) >= 11 is 0. The van der Waals surface area contributed by atoms with Crippen molar-refractivity contribution in [3.8, 4) is 0 Å². The van der Waals surface area contributed by atoms with Crippen LogP contribution in [0.3, 0.4) is 0 Å². The first-order valence-electron chi connectivity index (χ1n) is 14.9. The molecular weight excluding hydrogens is 680 g/mol. The summed E-state index contributed by atoms with van der Waals surface area (Å²) in [5.41, 5.74) is -1.67. The maximum Gasteiger partial charge on any atom is 0.305 e. The van der Waals surface area contributed by atoms with E-state index in [9.17, 15) is 42.5 Å². The lowest BCUT2D eigenvalue weighted by Gasteiger charge is -2.34. The number of carboxylic acid groups (broad SMARTS) is 3. The van der Waals surface area contributed by atoms with Crippen molar-refractivity contribution >= 4 is 45.4 Å². The van der Waals surface area contributed by atoms with Gasteiger partial charge >= 0.3 is 17.9 Å². The summed E-state index contributed by atoms with van der Waals surface area (Å²) in [6.45, 7) is -1.55. The van der Waals surface area contributed by atoms with Gasteiger partial charge in [0.15, 0.2) is 0 Å². The molecule has 0 bridgehead atoms. The number of sulfonamides is 1. The maximum atomic E-state index is 12.8. The normalized spacial score (nSPS) is 11.5. The van der Waals surface area contributed by atoms with Crippen LogP contribution in [0, 0.1) is 10.1 Å². The van der Waals surface area contributed by atoms with Crippen molar-refractivity contribution in [2.75, 3.05) is 65.9 Å². The van der Waals surface area contributed by atoms with Crippen LogP contribution in [0.15, 0.2) is 29.2 Å². The fraction of sp³-hybridized carbons (Fsp3) is 0.607. The van der Waals surface area contributed by atoms with E-state index in [1.165, 1.54) is 0 Å². The number of nitro groups is 1. The van der Waals surface area contributed by atoms with E-state index < -0.39 is 44.3 Å². The molecular formula is C28H42N4O16S. The molecule has 1 aromatic carbocycles. The van der Waals surface area contributed by atoms with E-state index in [0.29, 0.717) is 0 Å². The molecule has 0 unspecified atom stereocenters. The second-order valence-electron chi connectivity index (χ2n) is 10.4. The number of non-ortho nitro benzene ring substituents is 1. The van der Waals surface area contributed by atoms with Gasteiger partial charge in [0, 0.05) is 38.1 Å². The quantitative estimate of drug-likeness (QED) is 0.0345. The van der Waals surface area contributed by atoms with Gasteiger partial charge in [0.1, 0.15) is 5.54 Å². The zero-order valence-electron chi connectivity index (χ0n) is 26.6. The van der Waals surface area contributed by atoms with Crippen LogP contribution < -0.4 is 15.4 Å². The topological polar surface area (TPSA) is 296 Å². The number of rotatable bonds is 29. The molecule has 49 heavy (non-hydrogen) atoms.